The maximum atomic E-state index is 4.26. The summed E-state index contributed by atoms with van der Waals surface area (Å²) in [5, 5.41) is 2.37. The molecule has 1 heterocycles. The second-order valence-electron chi connectivity index (χ2n) is 2.86. The molecule has 1 aromatic heterocycles. The third-order valence-corrected chi connectivity index (χ3v) is 2.12. The Morgan fingerprint density at radius 2 is 2.00 bits per heavy atom. The molecule has 0 amide bonds. The van der Waals surface area contributed by atoms with Gasteiger partial charge in [0.15, 0.2) is 0 Å². The van der Waals surface area contributed by atoms with Crippen molar-refractivity contribution in [1.29, 1.82) is 0 Å². The molecule has 0 spiro atoms. The van der Waals surface area contributed by atoms with Crippen LogP contribution in [0.25, 0.3) is 10.8 Å². The quantitative estimate of drug-likeness (QED) is 0.607. The maximum Gasteiger partial charge on any atom is 0.0379 e. The van der Waals surface area contributed by atoms with E-state index in [1.54, 1.807) is 0 Å². The fourth-order valence-electron chi connectivity index (χ4n) is 1.24. The van der Waals surface area contributed by atoms with Gasteiger partial charge in [0, 0.05) is 22.2 Å². The average molecular weight is 175 g/mol. The van der Waals surface area contributed by atoms with Crippen LogP contribution in [-0.4, -0.2) is 4.98 Å². The minimum Gasteiger partial charge on any atom is -0.261 e. The van der Waals surface area contributed by atoms with Crippen LogP contribution in [0.15, 0.2) is 35.4 Å². The maximum absolute atomic E-state index is 4.26. The lowest BCUT2D eigenvalue weighted by atomic mass is 10.1. The number of hydrogen-bond donors (Lipinski definition) is 1. The van der Waals surface area contributed by atoms with E-state index < -0.39 is 0 Å². The lowest BCUT2D eigenvalue weighted by Crippen LogP contribution is -1.80. The molecule has 0 aliphatic carbocycles. The smallest absolute Gasteiger partial charge is 0.0379 e. The lowest BCUT2D eigenvalue weighted by Gasteiger charge is -1.98. The van der Waals surface area contributed by atoms with Gasteiger partial charge in [0.1, 0.15) is 0 Å². The van der Waals surface area contributed by atoms with Gasteiger partial charge in [0.2, 0.25) is 0 Å². The van der Waals surface area contributed by atoms with Crippen molar-refractivity contribution < 1.29 is 0 Å². The third kappa shape index (κ3) is 1.30. The number of pyridine rings is 1. The second-order valence-corrected chi connectivity index (χ2v) is 3.37. The minimum absolute atomic E-state index is 0.980. The highest BCUT2D eigenvalue weighted by atomic mass is 32.1. The fourth-order valence-corrected chi connectivity index (χ4v) is 1.45. The number of nitrogens with zero attached hydrogens (tertiary/aromatic N) is 1. The van der Waals surface area contributed by atoms with Gasteiger partial charge in [0.25, 0.3) is 0 Å². The number of fused-ring (bicyclic) bond motifs is 1. The van der Waals surface area contributed by atoms with E-state index in [4.69, 9.17) is 0 Å². The number of aromatic nitrogens is 1. The molecule has 2 rings (SSSR count). The highest BCUT2D eigenvalue weighted by Crippen LogP contribution is 2.17. The first-order valence-corrected chi connectivity index (χ1v) is 4.26. The Bertz CT molecular complexity index is 382. The Kier molecular flexibility index (Phi) is 1.77. The molecule has 0 N–H and O–H groups in total. The van der Waals surface area contributed by atoms with Gasteiger partial charge in [-0.3, -0.25) is 4.98 Å². The Hall–Kier alpha value is -1.02. The van der Waals surface area contributed by atoms with Crippen LogP contribution in [0.2, 0.25) is 0 Å². The van der Waals surface area contributed by atoms with Crippen molar-refractivity contribution in [2.75, 3.05) is 0 Å². The topological polar surface area (TPSA) is 12.9 Å². The van der Waals surface area contributed by atoms with Crippen LogP contribution in [0.4, 0.5) is 0 Å². The molecule has 0 bridgehead atoms. The number of thiol groups is 1. The standard InChI is InChI=1S/C10H9NS/c1-7-4-8-2-3-10(12)5-9(8)6-11-7/h2-6,12H,1H3. The largest absolute Gasteiger partial charge is 0.261 e. The zero-order valence-corrected chi connectivity index (χ0v) is 7.68. The fraction of sp³-hybridized carbons (Fsp3) is 0.100. The van der Waals surface area contributed by atoms with Crippen molar-refractivity contribution in [3.63, 3.8) is 0 Å². The molecular formula is C10H9NS. The monoisotopic (exact) mass is 175 g/mol. The van der Waals surface area contributed by atoms with E-state index >= 15 is 0 Å². The number of hydrogen-bond acceptors (Lipinski definition) is 2. The van der Waals surface area contributed by atoms with Gasteiger partial charge in [-0.2, -0.15) is 0 Å². The van der Waals surface area contributed by atoms with Gasteiger partial charge >= 0.3 is 0 Å². The van der Waals surface area contributed by atoms with Gasteiger partial charge in [-0.25, -0.2) is 0 Å². The molecule has 0 saturated heterocycles. The van der Waals surface area contributed by atoms with Crippen LogP contribution in [0.1, 0.15) is 5.69 Å². The lowest BCUT2D eigenvalue weighted by molar-refractivity contribution is 1.22. The van der Waals surface area contributed by atoms with Gasteiger partial charge in [0.05, 0.1) is 0 Å². The predicted molar refractivity (Wildman–Crippen MR) is 53.7 cm³/mol. The zero-order valence-electron chi connectivity index (χ0n) is 6.78. The molecule has 60 valence electrons. The summed E-state index contributed by atoms with van der Waals surface area (Å²) in [6, 6.07) is 8.14. The first kappa shape index (κ1) is 7.62. The first-order valence-electron chi connectivity index (χ1n) is 3.81. The Labute approximate surface area is 76.9 Å². The molecule has 0 saturated carbocycles. The van der Waals surface area contributed by atoms with Gasteiger partial charge in [-0.15, -0.1) is 12.6 Å². The first-order chi connectivity index (χ1) is 5.75. The minimum atomic E-state index is 0.980. The van der Waals surface area contributed by atoms with E-state index in [0.717, 1.165) is 16.0 Å². The van der Waals surface area contributed by atoms with Crippen molar-refractivity contribution >= 4 is 23.4 Å². The van der Waals surface area contributed by atoms with Crippen LogP contribution in [0.3, 0.4) is 0 Å². The second kappa shape index (κ2) is 2.79. The van der Waals surface area contributed by atoms with Crippen molar-refractivity contribution in [2.45, 2.75) is 11.8 Å². The van der Waals surface area contributed by atoms with Gasteiger partial charge in [-0.05, 0) is 30.5 Å². The van der Waals surface area contributed by atoms with Crippen LogP contribution in [0, 0.1) is 6.92 Å². The van der Waals surface area contributed by atoms with Crippen LogP contribution in [0.5, 0.6) is 0 Å². The molecule has 2 heteroatoms. The third-order valence-electron chi connectivity index (χ3n) is 1.84. The molecule has 0 radical (unpaired) electrons. The van der Waals surface area contributed by atoms with Crippen LogP contribution >= 0.6 is 12.6 Å². The molecular weight excluding hydrogens is 166 g/mol. The number of aryl methyl sites for hydroxylation is 1. The molecule has 12 heavy (non-hydrogen) atoms. The molecule has 0 fully saturated rings. The molecule has 0 aliphatic heterocycles. The highest BCUT2D eigenvalue weighted by molar-refractivity contribution is 7.80. The van der Waals surface area contributed by atoms with E-state index in [-0.39, 0.29) is 0 Å². The molecule has 0 atom stereocenters. The summed E-state index contributed by atoms with van der Waals surface area (Å²) in [6.07, 6.45) is 1.88. The van der Waals surface area contributed by atoms with Crippen molar-refractivity contribution in [3.8, 4) is 0 Å². The normalized spacial score (nSPS) is 10.5. The summed E-state index contributed by atoms with van der Waals surface area (Å²) in [5.41, 5.74) is 1.05. The van der Waals surface area contributed by atoms with E-state index in [2.05, 4.69) is 29.7 Å². The summed E-state index contributed by atoms with van der Waals surface area (Å²) in [6.45, 7) is 1.99. The Morgan fingerprint density at radius 1 is 1.17 bits per heavy atom. The average Bonchev–Trinajstić information content (AvgIpc) is 2.05. The van der Waals surface area contributed by atoms with Crippen molar-refractivity contribution in [3.05, 3.63) is 36.2 Å². The van der Waals surface area contributed by atoms with Gasteiger partial charge < -0.3 is 0 Å². The molecule has 0 aliphatic rings. The van der Waals surface area contributed by atoms with Gasteiger partial charge in [-0.1, -0.05) is 6.07 Å². The summed E-state index contributed by atoms with van der Waals surface area (Å²) < 4.78 is 0. The Balaban J connectivity index is 2.79. The summed E-state index contributed by atoms with van der Waals surface area (Å²) in [7, 11) is 0. The van der Waals surface area contributed by atoms with E-state index in [9.17, 15) is 0 Å². The summed E-state index contributed by atoms with van der Waals surface area (Å²) >= 11 is 4.26. The number of rotatable bonds is 0. The van der Waals surface area contributed by atoms with Crippen LogP contribution < -0.4 is 0 Å². The zero-order chi connectivity index (χ0) is 8.55. The van der Waals surface area contributed by atoms with Crippen molar-refractivity contribution in [2.24, 2.45) is 0 Å². The van der Waals surface area contributed by atoms with Crippen molar-refractivity contribution in [1.82, 2.24) is 4.98 Å². The molecule has 1 nitrogen and oxygen atoms in total. The molecule has 0 unspecified atom stereocenters. The highest BCUT2D eigenvalue weighted by Gasteiger charge is 1.94. The number of benzene rings is 1. The van der Waals surface area contributed by atoms with E-state index in [0.29, 0.717) is 0 Å². The summed E-state index contributed by atoms with van der Waals surface area (Å²) in [5.74, 6) is 0. The van der Waals surface area contributed by atoms with E-state index in [1.807, 2.05) is 25.3 Å². The summed E-state index contributed by atoms with van der Waals surface area (Å²) in [4.78, 5) is 5.19. The van der Waals surface area contributed by atoms with E-state index in [1.165, 1.54) is 5.39 Å². The SMILES string of the molecule is Cc1cc2ccc(S)cc2cn1. The molecule has 1 aromatic carbocycles. The molecule has 2 aromatic rings. The Morgan fingerprint density at radius 3 is 2.83 bits per heavy atom. The predicted octanol–water partition coefficient (Wildman–Crippen LogP) is 2.83. The van der Waals surface area contributed by atoms with Crippen LogP contribution in [-0.2, 0) is 0 Å².